The number of amides is 1. The van der Waals surface area contributed by atoms with Crippen molar-refractivity contribution in [1.29, 1.82) is 0 Å². The lowest BCUT2D eigenvalue weighted by Crippen LogP contribution is -2.34. The van der Waals surface area contributed by atoms with Crippen LogP contribution in [0, 0.1) is 12.7 Å². The number of anilines is 1. The molecular weight excluding hydrogens is 677 g/mol. The van der Waals surface area contributed by atoms with Gasteiger partial charge in [-0.05, 0) is 63.2 Å². The zero-order valence-corrected chi connectivity index (χ0v) is 28.0. The summed E-state index contributed by atoms with van der Waals surface area (Å²) in [6, 6.07) is 18.8. The Morgan fingerprint density at radius 1 is 1.02 bits per heavy atom. The van der Waals surface area contributed by atoms with Crippen molar-refractivity contribution in [3.8, 4) is 22.9 Å². The Hall–Kier alpha value is -5.62. The van der Waals surface area contributed by atoms with Crippen molar-refractivity contribution in [3.63, 3.8) is 0 Å². The van der Waals surface area contributed by atoms with Gasteiger partial charge >= 0.3 is 16.4 Å². The van der Waals surface area contributed by atoms with Crippen LogP contribution in [0.5, 0.6) is 17.2 Å². The van der Waals surface area contributed by atoms with Gasteiger partial charge < -0.3 is 25.3 Å². The van der Waals surface area contributed by atoms with E-state index in [0.29, 0.717) is 33.8 Å². The molecule has 5 aromatic rings. The molecule has 0 aliphatic heterocycles. The Morgan fingerprint density at radius 3 is 2.32 bits per heavy atom. The largest absolute Gasteiger partial charge is 0.497 e. The number of esters is 1. The molecule has 264 valence electrons. The zero-order valence-electron chi connectivity index (χ0n) is 27.2. The van der Waals surface area contributed by atoms with Crippen molar-refractivity contribution in [2.45, 2.75) is 39.5 Å². The molecule has 2 aromatic heterocycles. The smallest absolute Gasteiger partial charge is 0.394 e. The number of nitrogens with two attached hydrogens (primary N) is 1. The number of halogens is 1. The number of hydrogen-bond acceptors (Lipinski definition) is 10. The van der Waals surface area contributed by atoms with Gasteiger partial charge in [0.25, 0.3) is 11.5 Å². The van der Waals surface area contributed by atoms with Crippen LogP contribution >= 0.6 is 0 Å². The zero-order chi connectivity index (χ0) is 36.7. The summed E-state index contributed by atoms with van der Waals surface area (Å²) in [6.07, 6.45) is 0.880. The van der Waals surface area contributed by atoms with Gasteiger partial charge in [-0.25, -0.2) is 9.07 Å². The number of para-hydroxylation sites is 1. The molecule has 2 atom stereocenters. The number of methoxy groups -OCH3 is 1. The third-order valence-electron chi connectivity index (χ3n) is 7.06. The van der Waals surface area contributed by atoms with Gasteiger partial charge in [-0.3, -0.25) is 33.2 Å². The van der Waals surface area contributed by atoms with E-state index < -0.39 is 45.8 Å². The van der Waals surface area contributed by atoms with Crippen LogP contribution in [0.1, 0.15) is 29.9 Å². The van der Waals surface area contributed by atoms with Gasteiger partial charge in [0.1, 0.15) is 29.2 Å². The van der Waals surface area contributed by atoms with Gasteiger partial charge in [0.15, 0.2) is 11.6 Å². The van der Waals surface area contributed by atoms with Crippen LogP contribution in [-0.4, -0.2) is 63.0 Å². The molecule has 0 aliphatic rings. The maximum absolute atomic E-state index is 15.2. The molecule has 0 saturated carbocycles. The van der Waals surface area contributed by atoms with Gasteiger partial charge in [-0.1, -0.05) is 18.2 Å². The monoisotopic (exact) mass is 711 g/mol. The second kappa shape index (κ2) is 15.7. The molecule has 5 N–H and O–H groups in total. The summed E-state index contributed by atoms with van der Waals surface area (Å²) in [5.74, 6) is -1.11. The van der Waals surface area contributed by atoms with E-state index in [1.807, 2.05) is 0 Å². The highest BCUT2D eigenvalue weighted by molar-refractivity contribution is 7.79. The molecule has 1 amide bonds. The van der Waals surface area contributed by atoms with Crippen molar-refractivity contribution in [2.24, 2.45) is 5.73 Å². The summed E-state index contributed by atoms with van der Waals surface area (Å²) in [6.45, 7) is 4.86. The Kier molecular flexibility index (Phi) is 11.7. The molecule has 3 aromatic carbocycles. The number of pyridine rings is 1. The van der Waals surface area contributed by atoms with E-state index in [0.717, 1.165) is 6.07 Å². The van der Waals surface area contributed by atoms with Gasteiger partial charge in [-0.15, -0.1) is 0 Å². The fraction of sp³-hybridized carbons (Fsp3) is 0.212. The van der Waals surface area contributed by atoms with Crippen molar-refractivity contribution >= 4 is 38.9 Å². The maximum Gasteiger partial charge on any atom is 0.394 e. The molecule has 0 saturated heterocycles. The first-order valence-corrected chi connectivity index (χ1v) is 16.2. The van der Waals surface area contributed by atoms with E-state index in [-0.39, 0.29) is 23.5 Å². The predicted octanol–water partition coefficient (Wildman–Crippen LogP) is 4.31. The van der Waals surface area contributed by atoms with Crippen LogP contribution < -0.4 is 26.1 Å². The van der Waals surface area contributed by atoms with Gasteiger partial charge in [0, 0.05) is 29.4 Å². The van der Waals surface area contributed by atoms with Crippen LogP contribution in [0.2, 0.25) is 0 Å². The maximum atomic E-state index is 15.2. The normalized spacial score (nSPS) is 12.3. The number of nitrogens with one attached hydrogen (secondary N) is 1. The first kappa shape index (κ1) is 37.2. The molecule has 17 heteroatoms. The summed E-state index contributed by atoms with van der Waals surface area (Å²) in [5.41, 5.74) is 6.45. The lowest BCUT2D eigenvalue weighted by atomic mass is 10.2. The van der Waals surface area contributed by atoms with Crippen LogP contribution in [0.25, 0.3) is 16.6 Å². The Balaban J connectivity index is 0.00000105. The molecule has 50 heavy (non-hydrogen) atoms. The number of hydrogen-bond donors (Lipinski definition) is 4. The molecular formula is C33H34FN5O10S. The SMILES string of the molecule is COc1ccc2c(Oc3ccc(NC(=O)c4c(C)n(C[C@H](C)OC(=O)C(C)N)n(-c5ccccc5)c4=O)cc3F)ccnc2c1.O=S(=O)(O)O. The molecule has 5 rings (SSSR count). The molecule has 1 unspecified atom stereocenters. The topological polar surface area (TPSA) is 214 Å². The Morgan fingerprint density at radius 2 is 1.70 bits per heavy atom. The highest BCUT2D eigenvalue weighted by Gasteiger charge is 2.26. The number of carbonyl (C=O) groups excluding carboxylic acids is 2. The summed E-state index contributed by atoms with van der Waals surface area (Å²) >= 11 is 0. The van der Waals surface area contributed by atoms with Crippen LogP contribution in [-0.2, 0) is 26.5 Å². The third-order valence-corrected chi connectivity index (χ3v) is 7.06. The molecule has 2 heterocycles. The van der Waals surface area contributed by atoms with Crippen molar-refractivity contribution < 1.29 is 45.7 Å². The molecule has 0 bridgehead atoms. The first-order chi connectivity index (χ1) is 23.6. The highest BCUT2D eigenvalue weighted by Crippen LogP contribution is 2.33. The highest BCUT2D eigenvalue weighted by atomic mass is 32.3. The summed E-state index contributed by atoms with van der Waals surface area (Å²) in [7, 11) is -3.11. The van der Waals surface area contributed by atoms with Crippen molar-refractivity contribution in [3.05, 3.63) is 106 Å². The van der Waals surface area contributed by atoms with E-state index >= 15 is 4.39 Å². The number of rotatable bonds is 10. The van der Waals surface area contributed by atoms with Crippen LogP contribution in [0.15, 0.2) is 83.8 Å². The number of aromatic nitrogens is 3. The lowest BCUT2D eigenvalue weighted by molar-refractivity contribution is -0.150. The third kappa shape index (κ3) is 9.29. The van der Waals surface area contributed by atoms with Crippen molar-refractivity contribution in [1.82, 2.24) is 14.3 Å². The van der Waals surface area contributed by atoms with E-state index in [9.17, 15) is 14.4 Å². The Labute approximate surface area is 285 Å². The standard InChI is InChI=1S/C33H32FN5O6.H2O4S/c1-19(44-33(42)20(2)35)18-38-21(3)30(32(41)39(38)23-8-6-5-7-9-23)31(40)37-22-10-13-29(26(34)16-22)45-28-14-15-36-27-17-24(43-4)11-12-25(27)28;1-5(2,3)4/h5-17,19-20H,18,35H2,1-4H3,(H,37,40);(H2,1,2,3,4)/t19-,20?;/m0./s1. The lowest BCUT2D eigenvalue weighted by Gasteiger charge is -2.19. The van der Waals surface area contributed by atoms with Gasteiger partial charge in [0.05, 0.1) is 30.6 Å². The minimum absolute atomic E-state index is 0.0683. The second-order valence-corrected chi connectivity index (χ2v) is 11.8. The Bertz CT molecular complexity index is 2180. The summed E-state index contributed by atoms with van der Waals surface area (Å²) in [4.78, 5) is 43.5. The quantitative estimate of drug-likeness (QED) is 0.118. The van der Waals surface area contributed by atoms with E-state index in [4.69, 9.17) is 37.5 Å². The fourth-order valence-electron chi connectivity index (χ4n) is 4.83. The molecule has 0 aliphatic carbocycles. The van der Waals surface area contributed by atoms with E-state index in [1.54, 1.807) is 86.4 Å². The number of ether oxygens (including phenoxy) is 3. The average Bonchev–Trinajstić information content (AvgIpc) is 3.29. The van der Waals surface area contributed by atoms with E-state index in [2.05, 4.69) is 10.3 Å². The molecule has 0 spiro atoms. The number of carbonyl (C=O) groups is 2. The minimum atomic E-state index is -4.67. The van der Waals surface area contributed by atoms with E-state index in [1.165, 1.54) is 23.7 Å². The molecule has 0 radical (unpaired) electrons. The summed E-state index contributed by atoms with van der Waals surface area (Å²) in [5, 5.41) is 3.28. The number of fused-ring (bicyclic) bond motifs is 1. The van der Waals surface area contributed by atoms with Gasteiger partial charge in [-0.2, -0.15) is 8.42 Å². The van der Waals surface area contributed by atoms with Crippen molar-refractivity contribution in [2.75, 3.05) is 12.4 Å². The summed E-state index contributed by atoms with van der Waals surface area (Å²) < 4.78 is 66.2. The second-order valence-electron chi connectivity index (χ2n) is 10.9. The average molecular weight is 712 g/mol. The first-order valence-electron chi connectivity index (χ1n) is 14.8. The van der Waals surface area contributed by atoms with Crippen LogP contribution in [0.4, 0.5) is 10.1 Å². The fourth-order valence-corrected chi connectivity index (χ4v) is 4.83. The number of benzene rings is 3. The number of nitrogens with zero attached hydrogens (tertiary/aromatic N) is 3. The molecule has 15 nitrogen and oxygen atoms in total. The van der Waals surface area contributed by atoms with Crippen LogP contribution in [0.3, 0.4) is 0 Å². The molecule has 0 fully saturated rings. The minimum Gasteiger partial charge on any atom is -0.497 e. The van der Waals surface area contributed by atoms with Gasteiger partial charge in [0.2, 0.25) is 0 Å². The predicted molar refractivity (Wildman–Crippen MR) is 181 cm³/mol.